The number of nitrogens with one attached hydrogen (secondary N) is 2. The molecule has 1 atom stereocenters. The van der Waals surface area contributed by atoms with E-state index >= 15 is 0 Å². The van der Waals surface area contributed by atoms with Gasteiger partial charge in [-0.05, 0) is 25.1 Å². The van der Waals surface area contributed by atoms with Gasteiger partial charge in [0.2, 0.25) is 0 Å². The first kappa shape index (κ1) is 15.3. The predicted octanol–water partition coefficient (Wildman–Crippen LogP) is 1.25. The molecule has 8 heteroatoms. The van der Waals surface area contributed by atoms with Gasteiger partial charge < -0.3 is 10.6 Å². The SMILES string of the molecule is Cl.O=C(NC1CCNC1)c1ccc(F)cc1[N+](=O)[O-]. The number of nitrogens with zero attached hydrogens (tertiary/aromatic N) is 1. The fourth-order valence-corrected chi connectivity index (χ4v) is 1.89. The molecule has 1 aliphatic rings. The molecule has 2 N–H and O–H groups in total. The van der Waals surface area contributed by atoms with Crippen molar-refractivity contribution in [3.05, 3.63) is 39.7 Å². The van der Waals surface area contributed by atoms with Gasteiger partial charge in [-0.3, -0.25) is 14.9 Å². The highest BCUT2D eigenvalue weighted by molar-refractivity contribution is 5.98. The summed E-state index contributed by atoms with van der Waals surface area (Å²) in [6.45, 7) is 1.44. The summed E-state index contributed by atoms with van der Waals surface area (Å²) in [4.78, 5) is 21.9. The number of nitro groups is 1. The molecule has 2 rings (SSSR count). The number of nitro benzene ring substituents is 1. The molecule has 1 unspecified atom stereocenters. The zero-order valence-corrected chi connectivity index (χ0v) is 10.7. The van der Waals surface area contributed by atoms with Gasteiger partial charge in [-0.1, -0.05) is 0 Å². The third kappa shape index (κ3) is 3.62. The fraction of sp³-hybridized carbons (Fsp3) is 0.364. The Morgan fingerprint density at radius 1 is 1.53 bits per heavy atom. The van der Waals surface area contributed by atoms with Gasteiger partial charge in [-0.25, -0.2) is 4.39 Å². The molecule has 1 aromatic carbocycles. The van der Waals surface area contributed by atoms with Gasteiger partial charge in [0.1, 0.15) is 11.4 Å². The smallest absolute Gasteiger partial charge is 0.285 e. The lowest BCUT2D eigenvalue weighted by Gasteiger charge is -2.11. The molecule has 1 aromatic rings. The predicted molar refractivity (Wildman–Crippen MR) is 69.0 cm³/mol. The maximum atomic E-state index is 12.9. The molecule has 1 heterocycles. The zero-order chi connectivity index (χ0) is 13.1. The van der Waals surface area contributed by atoms with Crippen LogP contribution in [0.25, 0.3) is 0 Å². The van der Waals surface area contributed by atoms with Crippen LogP contribution in [0.2, 0.25) is 0 Å². The second kappa shape index (κ2) is 6.44. The van der Waals surface area contributed by atoms with E-state index in [2.05, 4.69) is 10.6 Å². The van der Waals surface area contributed by atoms with Crippen molar-refractivity contribution in [2.24, 2.45) is 0 Å². The monoisotopic (exact) mass is 289 g/mol. The highest BCUT2D eigenvalue weighted by Gasteiger charge is 2.24. The normalized spacial score (nSPS) is 17.6. The van der Waals surface area contributed by atoms with Crippen molar-refractivity contribution in [1.82, 2.24) is 10.6 Å². The Hall–Kier alpha value is -1.73. The third-order valence-electron chi connectivity index (χ3n) is 2.80. The van der Waals surface area contributed by atoms with E-state index in [9.17, 15) is 19.3 Å². The van der Waals surface area contributed by atoms with Crippen molar-refractivity contribution in [1.29, 1.82) is 0 Å². The first-order valence-electron chi connectivity index (χ1n) is 5.53. The van der Waals surface area contributed by atoms with E-state index in [1.165, 1.54) is 0 Å². The quantitative estimate of drug-likeness (QED) is 0.648. The number of benzene rings is 1. The van der Waals surface area contributed by atoms with Gasteiger partial charge in [0, 0.05) is 12.6 Å². The van der Waals surface area contributed by atoms with Crippen molar-refractivity contribution in [3.8, 4) is 0 Å². The van der Waals surface area contributed by atoms with Gasteiger partial charge in [-0.2, -0.15) is 0 Å². The third-order valence-corrected chi connectivity index (χ3v) is 2.80. The van der Waals surface area contributed by atoms with E-state index < -0.39 is 22.3 Å². The Morgan fingerprint density at radius 2 is 2.26 bits per heavy atom. The summed E-state index contributed by atoms with van der Waals surface area (Å²) in [5.41, 5.74) is -0.633. The molecule has 104 valence electrons. The number of carbonyl (C=O) groups is 1. The second-order valence-electron chi connectivity index (χ2n) is 4.08. The Labute approximate surface area is 114 Å². The van der Waals surface area contributed by atoms with Crippen LogP contribution in [0.3, 0.4) is 0 Å². The molecule has 0 saturated carbocycles. The van der Waals surface area contributed by atoms with Crippen LogP contribution in [0.1, 0.15) is 16.8 Å². The molecule has 1 saturated heterocycles. The zero-order valence-electron chi connectivity index (χ0n) is 9.89. The van der Waals surface area contributed by atoms with Crippen molar-refractivity contribution in [2.45, 2.75) is 12.5 Å². The van der Waals surface area contributed by atoms with E-state index in [0.717, 1.165) is 31.2 Å². The lowest BCUT2D eigenvalue weighted by atomic mass is 10.1. The van der Waals surface area contributed by atoms with Gasteiger partial charge in [0.15, 0.2) is 0 Å². The van der Waals surface area contributed by atoms with E-state index in [4.69, 9.17) is 0 Å². The first-order chi connectivity index (χ1) is 8.58. The van der Waals surface area contributed by atoms with Crippen LogP contribution in [-0.4, -0.2) is 30.0 Å². The summed E-state index contributed by atoms with van der Waals surface area (Å²) in [5.74, 6) is -1.28. The van der Waals surface area contributed by atoms with Gasteiger partial charge in [0.25, 0.3) is 11.6 Å². The molecule has 0 bridgehead atoms. The molecule has 0 spiro atoms. The van der Waals surface area contributed by atoms with Crippen LogP contribution in [-0.2, 0) is 0 Å². The largest absolute Gasteiger partial charge is 0.348 e. The Balaban J connectivity index is 0.00000180. The molecule has 1 fully saturated rings. The summed E-state index contributed by atoms with van der Waals surface area (Å²) < 4.78 is 12.9. The molecular formula is C11H13ClFN3O3. The van der Waals surface area contributed by atoms with Crippen molar-refractivity contribution < 1.29 is 14.1 Å². The highest BCUT2D eigenvalue weighted by atomic mass is 35.5. The summed E-state index contributed by atoms with van der Waals surface area (Å²) in [6, 6.07) is 2.88. The molecular weight excluding hydrogens is 277 g/mol. The minimum atomic E-state index is -0.759. The summed E-state index contributed by atoms with van der Waals surface area (Å²) in [5, 5.41) is 16.5. The lowest BCUT2D eigenvalue weighted by molar-refractivity contribution is -0.385. The average Bonchev–Trinajstić information content (AvgIpc) is 2.81. The van der Waals surface area contributed by atoms with Crippen LogP contribution in [0.15, 0.2) is 18.2 Å². The van der Waals surface area contributed by atoms with Crippen LogP contribution < -0.4 is 10.6 Å². The minimum absolute atomic E-state index is 0. The molecule has 0 aromatic heterocycles. The van der Waals surface area contributed by atoms with Crippen LogP contribution in [0.5, 0.6) is 0 Å². The topological polar surface area (TPSA) is 84.3 Å². The molecule has 1 aliphatic heterocycles. The average molecular weight is 290 g/mol. The molecule has 6 nitrogen and oxygen atoms in total. The standard InChI is InChI=1S/C11H12FN3O3.ClH/c12-7-1-2-9(10(5-7)15(17)18)11(16)14-8-3-4-13-6-8;/h1-2,5,8,13H,3-4,6H2,(H,14,16);1H. The summed E-state index contributed by atoms with van der Waals surface area (Å²) >= 11 is 0. The van der Waals surface area contributed by atoms with E-state index in [-0.39, 0.29) is 24.0 Å². The van der Waals surface area contributed by atoms with Crippen molar-refractivity contribution >= 4 is 24.0 Å². The Morgan fingerprint density at radius 3 is 2.84 bits per heavy atom. The number of rotatable bonds is 3. The maximum Gasteiger partial charge on any atom is 0.285 e. The Bertz CT molecular complexity index is 492. The lowest BCUT2D eigenvalue weighted by Crippen LogP contribution is -2.36. The van der Waals surface area contributed by atoms with E-state index in [0.29, 0.717) is 6.54 Å². The minimum Gasteiger partial charge on any atom is -0.348 e. The number of carbonyl (C=O) groups excluding carboxylic acids is 1. The van der Waals surface area contributed by atoms with Crippen molar-refractivity contribution in [3.63, 3.8) is 0 Å². The van der Waals surface area contributed by atoms with Gasteiger partial charge >= 0.3 is 0 Å². The number of hydrogen-bond acceptors (Lipinski definition) is 4. The molecule has 19 heavy (non-hydrogen) atoms. The molecule has 1 amide bonds. The second-order valence-corrected chi connectivity index (χ2v) is 4.08. The van der Waals surface area contributed by atoms with Gasteiger partial charge in [-0.15, -0.1) is 12.4 Å². The summed E-state index contributed by atoms with van der Waals surface area (Å²) in [6.07, 6.45) is 0.779. The molecule has 0 aliphatic carbocycles. The first-order valence-corrected chi connectivity index (χ1v) is 5.53. The fourth-order valence-electron chi connectivity index (χ4n) is 1.89. The Kier molecular flexibility index (Phi) is 5.20. The van der Waals surface area contributed by atoms with Gasteiger partial charge in [0.05, 0.1) is 11.0 Å². The van der Waals surface area contributed by atoms with Crippen LogP contribution in [0, 0.1) is 15.9 Å². The van der Waals surface area contributed by atoms with Crippen LogP contribution in [0.4, 0.5) is 10.1 Å². The number of hydrogen-bond donors (Lipinski definition) is 2. The molecule has 0 radical (unpaired) electrons. The summed E-state index contributed by atoms with van der Waals surface area (Å²) in [7, 11) is 0. The number of amides is 1. The number of halogens is 2. The van der Waals surface area contributed by atoms with E-state index in [1.807, 2.05) is 0 Å². The van der Waals surface area contributed by atoms with E-state index in [1.54, 1.807) is 0 Å². The highest BCUT2D eigenvalue weighted by Crippen LogP contribution is 2.20. The van der Waals surface area contributed by atoms with Crippen molar-refractivity contribution in [2.75, 3.05) is 13.1 Å². The van der Waals surface area contributed by atoms with Crippen LogP contribution >= 0.6 is 12.4 Å². The maximum absolute atomic E-state index is 12.9.